The summed E-state index contributed by atoms with van der Waals surface area (Å²) in [6.07, 6.45) is 4.59. The van der Waals surface area contributed by atoms with Crippen LogP contribution in [0.15, 0.2) is 54.7 Å². The van der Waals surface area contributed by atoms with Gasteiger partial charge < -0.3 is 15.8 Å². The van der Waals surface area contributed by atoms with Gasteiger partial charge in [-0.05, 0) is 80.7 Å². The predicted octanol–water partition coefficient (Wildman–Crippen LogP) is 4.91. The molecule has 0 spiro atoms. The lowest BCUT2D eigenvalue weighted by Crippen LogP contribution is -2.42. The van der Waals surface area contributed by atoms with Crippen molar-refractivity contribution in [3.05, 3.63) is 83.2 Å². The zero-order chi connectivity index (χ0) is 21.1. The Kier molecular flexibility index (Phi) is 5.68. The Balaban J connectivity index is 1.56. The number of benzene rings is 2. The van der Waals surface area contributed by atoms with Gasteiger partial charge in [0.1, 0.15) is 11.5 Å². The van der Waals surface area contributed by atoms with Gasteiger partial charge >= 0.3 is 0 Å². The van der Waals surface area contributed by atoms with Crippen LogP contribution in [0, 0.1) is 18.6 Å². The summed E-state index contributed by atoms with van der Waals surface area (Å²) in [5.41, 5.74) is 10.1. The number of nitrogens with zero attached hydrogens (tertiary/aromatic N) is 1. The molecule has 2 aromatic carbocycles. The van der Waals surface area contributed by atoms with Crippen molar-refractivity contribution < 1.29 is 13.5 Å². The van der Waals surface area contributed by atoms with Gasteiger partial charge in [0.05, 0.1) is 11.9 Å². The number of hydrogen-bond acceptors (Lipinski definition) is 4. The second-order valence-electron chi connectivity index (χ2n) is 7.93. The number of aryl methyl sites for hydroxylation is 1. The van der Waals surface area contributed by atoms with Crippen LogP contribution in [0.5, 0.6) is 11.5 Å². The van der Waals surface area contributed by atoms with Gasteiger partial charge in [0, 0.05) is 17.2 Å². The fourth-order valence-electron chi connectivity index (χ4n) is 4.28. The van der Waals surface area contributed by atoms with E-state index in [2.05, 4.69) is 16.4 Å². The standard InChI is InChI=1S/C24H25F2N3O/c1-16-21(12-18(27)15-29-16)24(8-10-28-11-9-24)14-17-2-4-19(5-3-17)30-20-6-7-22(25)23(26)13-20/h2-7,12-13,15,28H,8-11,14,27H2,1H3. The van der Waals surface area contributed by atoms with Gasteiger partial charge in [-0.3, -0.25) is 4.98 Å². The lowest BCUT2D eigenvalue weighted by Gasteiger charge is -2.39. The van der Waals surface area contributed by atoms with Crippen LogP contribution < -0.4 is 15.8 Å². The molecule has 0 bridgehead atoms. The predicted molar refractivity (Wildman–Crippen MR) is 114 cm³/mol. The number of nitrogen functional groups attached to an aromatic ring is 1. The fourth-order valence-corrected chi connectivity index (χ4v) is 4.28. The first-order valence-corrected chi connectivity index (χ1v) is 10.1. The van der Waals surface area contributed by atoms with Gasteiger partial charge in [0.25, 0.3) is 0 Å². The molecule has 1 fully saturated rings. The molecule has 2 heterocycles. The van der Waals surface area contributed by atoms with Crippen molar-refractivity contribution >= 4 is 5.69 Å². The van der Waals surface area contributed by atoms with E-state index in [1.54, 1.807) is 6.20 Å². The maximum absolute atomic E-state index is 13.4. The summed E-state index contributed by atoms with van der Waals surface area (Å²) in [5.74, 6) is -0.983. The molecule has 0 amide bonds. The van der Waals surface area contributed by atoms with E-state index >= 15 is 0 Å². The third-order valence-electron chi connectivity index (χ3n) is 5.83. The van der Waals surface area contributed by atoms with E-state index in [4.69, 9.17) is 10.5 Å². The summed E-state index contributed by atoms with van der Waals surface area (Å²) < 4.78 is 32.2. The van der Waals surface area contributed by atoms with E-state index in [0.717, 1.165) is 50.2 Å². The third kappa shape index (κ3) is 4.28. The smallest absolute Gasteiger partial charge is 0.162 e. The summed E-state index contributed by atoms with van der Waals surface area (Å²) in [4.78, 5) is 4.49. The normalized spacial score (nSPS) is 15.7. The molecule has 4 rings (SSSR count). The number of ether oxygens (including phenoxy) is 1. The second kappa shape index (κ2) is 8.40. The summed E-state index contributed by atoms with van der Waals surface area (Å²) in [6, 6.07) is 13.3. The van der Waals surface area contributed by atoms with Crippen LogP contribution in [0.4, 0.5) is 14.5 Å². The molecular formula is C24H25F2N3O. The number of pyridine rings is 1. The first-order chi connectivity index (χ1) is 14.4. The van der Waals surface area contributed by atoms with Crippen molar-refractivity contribution in [2.75, 3.05) is 18.8 Å². The SMILES string of the molecule is Cc1ncc(N)cc1C1(Cc2ccc(Oc3ccc(F)c(F)c3)cc2)CCNCC1. The Bertz CT molecular complexity index is 1030. The monoisotopic (exact) mass is 409 g/mol. The average molecular weight is 409 g/mol. The second-order valence-corrected chi connectivity index (χ2v) is 7.93. The molecule has 1 aromatic heterocycles. The van der Waals surface area contributed by atoms with E-state index in [-0.39, 0.29) is 11.2 Å². The molecule has 0 saturated carbocycles. The first kappa shape index (κ1) is 20.3. The van der Waals surface area contributed by atoms with Gasteiger partial charge in [0.15, 0.2) is 11.6 Å². The number of hydrogen-bond donors (Lipinski definition) is 2. The lowest BCUT2D eigenvalue weighted by atomic mass is 9.68. The van der Waals surface area contributed by atoms with Crippen molar-refractivity contribution in [2.45, 2.75) is 31.6 Å². The number of piperidine rings is 1. The first-order valence-electron chi connectivity index (χ1n) is 10.1. The van der Waals surface area contributed by atoms with Crippen LogP contribution in [-0.4, -0.2) is 18.1 Å². The number of nitrogens with one attached hydrogen (secondary N) is 1. The number of nitrogens with two attached hydrogens (primary N) is 1. The van der Waals surface area contributed by atoms with Gasteiger partial charge in [-0.1, -0.05) is 12.1 Å². The molecule has 1 aliphatic rings. The molecule has 3 aromatic rings. The zero-order valence-electron chi connectivity index (χ0n) is 16.9. The molecular weight excluding hydrogens is 384 g/mol. The molecule has 0 radical (unpaired) electrons. The van der Waals surface area contributed by atoms with E-state index in [1.165, 1.54) is 17.2 Å². The maximum atomic E-state index is 13.4. The van der Waals surface area contributed by atoms with Crippen LogP contribution >= 0.6 is 0 Å². The molecule has 156 valence electrons. The largest absolute Gasteiger partial charge is 0.457 e. The summed E-state index contributed by atoms with van der Waals surface area (Å²) >= 11 is 0. The van der Waals surface area contributed by atoms with Gasteiger partial charge in [-0.2, -0.15) is 0 Å². The zero-order valence-corrected chi connectivity index (χ0v) is 16.9. The fraction of sp³-hybridized carbons (Fsp3) is 0.292. The minimum Gasteiger partial charge on any atom is -0.457 e. The Morgan fingerprint density at radius 3 is 2.40 bits per heavy atom. The van der Waals surface area contributed by atoms with Crippen LogP contribution in [0.25, 0.3) is 0 Å². The quantitative estimate of drug-likeness (QED) is 0.629. The maximum Gasteiger partial charge on any atom is 0.162 e. The van der Waals surface area contributed by atoms with Gasteiger partial charge in [-0.15, -0.1) is 0 Å². The Morgan fingerprint density at radius 1 is 1.00 bits per heavy atom. The Morgan fingerprint density at radius 2 is 1.70 bits per heavy atom. The van der Waals surface area contributed by atoms with Crippen LogP contribution in [0.3, 0.4) is 0 Å². The third-order valence-corrected chi connectivity index (χ3v) is 5.83. The molecule has 3 N–H and O–H groups in total. The molecule has 30 heavy (non-hydrogen) atoms. The van der Waals surface area contributed by atoms with Crippen LogP contribution in [0.1, 0.15) is 29.7 Å². The molecule has 0 unspecified atom stereocenters. The molecule has 0 aliphatic carbocycles. The van der Waals surface area contributed by atoms with Crippen LogP contribution in [-0.2, 0) is 11.8 Å². The minimum absolute atomic E-state index is 0.0276. The number of rotatable bonds is 5. The molecule has 1 saturated heterocycles. The summed E-state index contributed by atoms with van der Waals surface area (Å²) in [5, 5.41) is 3.45. The number of halogens is 2. The highest BCUT2D eigenvalue weighted by Crippen LogP contribution is 2.39. The van der Waals surface area contributed by atoms with Crippen LogP contribution in [0.2, 0.25) is 0 Å². The van der Waals surface area contributed by atoms with E-state index in [0.29, 0.717) is 11.4 Å². The highest BCUT2D eigenvalue weighted by atomic mass is 19.2. The van der Waals surface area contributed by atoms with Crippen molar-refractivity contribution in [1.29, 1.82) is 0 Å². The van der Waals surface area contributed by atoms with Crippen molar-refractivity contribution in [3.8, 4) is 11.5 Å². The van der Waals surface area contributed by atoms with E-state index in [1.807, 2.05) is 31.2 Å². The van der Waals surface area contributed by atoms with E-state index < -0.39 is 11.6 Å². The lowest BCUT2D eigenvalue weighted by molar-refractivity contribution is 0.303. The molecule has 0 atom stereocenters. The highest BCUT2D eigenvalue weighted by molar-refractivity contribution is 5.45. The summed E-state index contributed by atoms with van der Waals surface area (Å²) in [6.45, 7) is 3.94. The average Bonchev–Trinajstić information content (AvgIpc) is 2.74. The van der Waals surface area contributed by atoms with Crippen molar-refractivity contribution in [2.24, 2.45) is 0 Å². The molecule has 6 heteroatoms. The molecule has 1 aliphatic heterocycles. The minimum atomic E-state index is -0.928. The topological polar surface area (TPSA) is 60.2 Å². The number of aromatic nitrogens is 1. The van der Waals surface area contributed by atoms with Crippen molar-refractivity contribution in [3.63, 3.8) is 0 Å². The Labute approximate surface area is 175 Å². The van der Waals surface area contributed by atoms with Gasteiger partial charge in [0.2, 0.25) is 0 Å². The van der Waals surface area contributed by atoms with Crippen molar-refractivity contribution in [1.82, 2.24) is 10.3 Å². The number of anilines is 1. The highest BCUT2D eigenvalue weighted by Gasteiger charge is 2.35. The van der Waals surface area contributed by atoms with Gasteiger partial charge in [-0.25, -0.2) is 8.78 Å². The van der Waals surface area contributed by atoms with E-state index in [9.17, 15) is 8.78 Å². The summed E-state index contributed by atoms with van der Waals surface area (Å²) in [7, 11) is 0. The molecule has 4 nitrogen and oxygen atoms in total. The Hall–Kier alpha value is -2.99.